The summed E-state index contributed by atoms with van der Waals surface area (Å²) in [6.45, 7) is 3.02. The third-order valence-corrected chi connectivity index (χ3v) is 3.21. The SMILES string of the molecule is CC1CCC(CNCC(O)C(F)F)CC1. The maximum atomic E-state index is 12.0. The van der Waals surface area contributed by atoms with Crippen LogP contribution in [0.2, 0.25) is 0 Å². The van der Waals surface area contributed by atoms with E-state index in [1.54, 1.807) is 0 Å². The van der Waals surface area contributed by atoms with Crippen molar-refractivity contribution < 1.29 is 13.9 Å². The predicted molar refractivity (Wildman–Crippen MR) is 56.0 cm³/mol. The molecule has 2 N–H and O–H groups in total. The Labute approximate surface area is 90.1 Å². The van der Waals surface area contributed by atoms with Gasteiger partial charge >= 0.3 is 0 Å². The smallest absolute Gasteiger partial charge is 0.265 e. The maximum absolute atomic E-state index is 12.0. The molecule has 0 heterocycles. The number of halogens is 2. The van der Waals surface area contributed by atoms with Gasteiger partial charge in [0.1, 0.15) is 6.10 Å². The summed E-state index contributed by atoms with van der Waals surface area (Å²) in [5, 5.41) is 11.8. The van der Waals surface area contributed by atoms with Crippen molar-refractivity contribution in [2.75, 3.05) is 13.1 Å². The van der Waals surface area contributed by atoms with Gasteiger partial charge in [0, 0.05) is 6.54 Å². The minimum absolute atomic E-state index is 0.00369. The largest absolute Gasteiger partial charge is 0.386 e. The molecule has 0 spiro atoms. The van der Waals surface area contributed by atoms with E-state index in [0.717, 1.165) is 12.5 Å². The van der Waals surface area contributed by atoms with Gasteiger partial charge in [-0.2, -0.15) is 0 Å². The van der Waals surface area contributed by atoms with E-state index in [0.29, 0.717) is 5.92 Å². The lowest BCUT2D eigenvalue weighted by Crippen LogP contribution is -2.35. The molecule has 1 unspecified atom stereocenters. The van der Waals surface area contributed by atoms with E-state index < -0.39 is 12.5 Å². The minimum Gasteiger partial charge on any atom is -0.386 e. The fourth-order valence-corrected chi connectivity index (χ4v) is 2.06. The number of aliphatic hydroxyl groups is 1. The van der Waals surface area contributed by atoms with Crippen molar-refractivity contribution in [1.29, 1.82) is 0 Å². The van der Waals surface area contributed by atoms with Crippen LogP contribution in [-0.4, -0.2) is 30.7 Å². The van der Waals surface area contributed by atoms with Crippen LogP contribution in [0.5, 0.6) is 0 Å². The Morgan fingerprint density at radius 2 is 1.87 bits per heavy atom. The predicted octanol–water partition coefficient (Wildman–Crippen LogP) is 2.03. The highest BCUT2D eigenvalue weighted by atomic mass is 19.3. The molecule has 0 aromatic rings. The molecular formula is C11H21F2NO. The van der Waals surface area contributed by atoms with E-state index in [2.05, 4.69) is 12.2 Å². The Morgan fingerprint density at radius 1 is 1.27 bits per heavy atom. The first-order valence-electron chi connectivity index (χ1n) is 5.76. The molecule has 4 heteroatoms. The Kier molecular flexibility index (Phi) is 5.47. The van der Waals surface area contributed by atoms with Crippen LogP contribution in [0, 0.1) is 11.8 Å². The summed E-state index contributed by atoms with van der Waals surface area (Å²) in [7, 11) is 0. The number of alkyl halides is 2. The molecule has 2 nitrogen and oxygen atoms in total. The summed E-state index contributed by atoms with van der Waals surface area (Å²) in [5.74, 6) is 1.42. The lowest BCUT2D eigenvalue weighted by atomic mass is 9.83. The fraction of sp³-hybridized carbons (Fsp3) is 1.00. The fourth-order valence-electron chi connectivity index (χ4n) is 2.06. The third kappa shape index (κ3) is 4.89. The normalized spacial score (nSPS) is 29.4. The van der Waals surface area contributed by atoms with Crippen LogP contribution in [-0.2, 0) is 0 Å². The second-order valence-corrected chi connectivity index (χ2v) is 4.69. The minimum atomic E-state index is -2.64. The highest BCUT2D eigenvalue weighted by Crippen LogP contribution is 2.27. The van der Waals surface area contributed by atoms with Gasteiger partial charge in [0.05, 0.1) is 0 Å². The molecule has 1 saturated carbocycles. The lowest BCUT2D eigenvalue weighted by molar-refractivity contribution is -0.00383. The number of nitrogens with one attached hydrogen (secondary N) is 1. The summed E-state index contributed by atoms with van der Waals surface area (Å²) in [4.78, 5) is 0. The van der Waals surface area contributed by atoms with Gasteiger partial charge in [-0.25, -0.2) is 8.78 Å². The first-order chi connectivity index (χ1) is 7.09. The molecule has 0 aromatic heterocycles. The van der Waals surface area contributed by atoms with Crippen LogP contribution in [0.4, 0.5) is 8.78 Å². The first kappa shape index (κ1) is 12.8. The van der Waals surface area contributed by atoms with E-state index in [1.807, 2.05) is 0 Å². The van der Waals surface area contributed by atoms with Gasteiger partial charge in [-0.3, -0.25) is 0 Å². The number of rotatable bonds is 5. The molecule has 1 fully saturated rings. The molecule has 1 aliphatic carbocycles. The zero-order valence-electron chi connectivity index (χ0n) is 9.26. The zero-order valence-corrected chi connectivity index (χ0v) is 9.26. The highest BCUT2D eigenvalue weighted by molar-refractivity contribution is 4.72. The summed E-state index contributed by atoms with van der Waals surface area (Å²) in [6.07, 6.45) is 0.683. The lowest BCUT2D eigenvalue weighted by Gasteiger charge is -2.26. The monoisotopic (exact) mass is 221 g/mol. The summed E-state index contributed by atoms with van der Waals surface area (Å²) in [5.41, 5.74) is 0. The Morgan fingerprint density at radius 3 is 2.40 bits per heavy atom. The van der Waals surface area contributed by atoms with Crippen LogP contribution < -0.4 is 5.32 Å². The van der Waals surface area contributed by atoms with Gasteiger partial charge in [0.25, 0.3) is 6.43 Å². The van der Waals surface area contributed by atoms with E-state index in [-0.39, 0.29) is 6.54 Å². The number of aliphatic hydroxyl groups excluding tert-OH is 1. The summed E-state index contributed by atoms with van der Waals surface area (Å²) < 4.78 is 23.9. The van der Waals surface area contributed by atoms with Crippen LogP contribution >= 0.6 is 0 Å². The molecule has 0 amide bonds. The molecule has 0 aromatic carbocycles. The molecule has 0 saturated heterocycles. The molecule has 0 bridgehead atoms. The van der Waals surface area contributed by atoms with Crippen molar-refractivity contribution in [2.24, 2.45) is 11.8 Å². The van der Waals surface area contributed by atoms with Crippen molar-refractivity contribution in [3.63, 3.8) is 0 Å². The third-order valence-electron chi connectivity index (χ3n) is 3.21. The second-order valence-electron chi connectivity index (χ2n) is 4.69. The average molecular weight is 221 g/mol. The highest BCUT2D eigenvalue weighted by Gasteiger charge is 2.19. The molecular weight excluding hydrogens is 200 g/mol. The standard InChI is InChI=1S/C11H21F2NO/c1-8-2-4-9(5-3-8)6-14-7-10(15)11(12)13/h8-11,14-15H,2-7H2,1H3. The van der Waals surface area contributed by atoms with Crippen molar-refractivity contribution in [3.8, 4) is 0 Å². The van der Waals surface area contributed by atoms with Crippen LogP contribution in [0.15, 0.2) is 0 Å². The van der Waals surface area contributed by atoms with Crippen LogP contribution in [0.3, 0.4) is 0 Å². The Bertz CT molecular complexity index is 170. The first-order valence-corrected chi connectivity index (χ1v) is 5.76. The Balaban J connectivity index is 2.05. The molecule has 1 rings (SSSR count). The van der Waals surface area contributed by atoms with E-state index in [9.17, 15) is 8.78 Å². The molecule has 0 aliphatic heterocycles. The maximum Gasteiger partial charge on any atom is 0.265 e. The molecule has 1 atom stereocenters. The molecule has 15 heavy (non-hydrogen) atoms. The Hall–Kier alpha value is -0.220. The summed E-state index contributed by atoms with van der Waals surface area (Å²) in [6, 6.07) is 0. The average Bonchev–Trinajstić information content (AvgIpc) is 2.20. The van der Waals surface area contributed by atoms with Crippen LogP contribution in [0.25, 0.3) is 0 Å². The van der Waals surface area contributed by atoms with Gasteiger partial charge in [-0.1, -0.05) is 19.8 Å². The van der Waals surface area contributed by atoms with Gasteiger partial charge in [-0.05, 0) is 31.2 Å². The molecule has 90 valence electrons. The van der Waals surface area contributed by atoms with Crippen molar-refractivity contribution in [1.82, 2.24) is 5.32 Å². The number of hydrogen-bond acceptors (Lipinski definition) is 2. The summed E-state index contributed by atoms with van der Waals surface area (Å²) >= 11 is 0. The van der Waals surface area contributed by atoms with E-state index >= 15 is 0 Å². The van der Waals surface area contributed by atoms with Gasteiger partial charge in [-0.15, -0.1) is 0 Å². The molecule has 0 radical (unpaired) electrons. The second kappa shape index (κ2) is 6.38. The van der Waals surface area contributed by atoms with Gasteiger partial charge in [0.15, 0.2) is 0 Å². The van der Waals surface area contributed by atoms with E-state index in [4.69, 9.17) is 5.11 Å². The quantitative estimate of drug-likeness (QED) is 0.744. The van der Waals surface area contributed by atoms with Gasteiger partial charge in [0.2, 0.25) is 0 Å². The van der Waals surface area contributed by atoms with E-state index in [1.165, 1.54) is 25.7 Å². The topological polar surface area (TPSA) is 32.3 Å². The van der Waals surface area contributed by atoms with Crippen molar-refractivity contribution in [3.05, 3.63) is 0 Å². The van der Waals surface area contributed by atoms with Crippen molar-refractivity contribution in [2.45, 2.75) is 45.1 Å². The molecule has 1 aliphatic rings. The number of hydrogen-bond donors (Lipinski definition) is 2. The van der Waals surface area contributed by atoms with Crippen LogP contribution in [0.1, 0.15) is 32.6 Å². The van der Waals surface area contributed by atoms with Crippen molar-refractivity contribution >= 4 is 0 Å². The zero-order chi connectivity index (χ0) is 11.3. The van der Waals surface area contributed by atoms with Gasteiger partial charge < -0.3 is 10.4 Å².